The number of fused-ring (bicyclic) bond motifs is 1. The predicted octanol–water partition coefficient (Wildman–Crippen LogP) is 3.13. The van der Waals surface area contributed by atoms with Gasteiger partial charge in [-0.3, -0.25) is 0 Å². The Balaban J connectivity index is 1.80. The molecule has 0 fully saturated rings. The van der Waals surface area contributed by atoms with Crippen LogP contribution in [0.1, 0.15) is 11.3 Å². The van der Waals surface area contributed by atoms with Crippen LogP contribution >= 0.6 is 0 Å². The van der Waals surface area contributed by atoms with E-state index < -0.39 is 11.7 Å². The number of aromatic nitrogens is 5. The molecule has 3 heterocycles. The number of benzene rings is 1. The van der Waals surface area contributed by atoms with Gasteiger partial charge in [0.05, 0.1) is 23.1 Å². The Hall–Kier alpha value is -4.07. The first-order valence-corrected chi connectivity index (χ1v) is 7.89. The van der Waals surface area contributed by atoms with Gasteiger partial charge >= 0.3 is 6.18 Å². The van der Waals surface area contributed by atoms with Crippen molar-refractivity contribution in [2.24, 2.45) is 0 Å². The second-order valence-corrected chi connectivity index (χ2v) is 5.82. The molecule has 11 heteroatoms. The van der Waals surface area contributed by atoms with Crippen LogP contribution in [-0.2, 0) is 6.18 Å². The highest BCUT2D eigenvalue weighted by molar-refractivity contribution is 5.71. The summed E-state index contributed by atoms with van der Waals surface area (Å²) in [7, 11) is 0. The number of nitrogen functional groups attached to an aromatic ring is 1. The number of halogens is 3. The minimum Gasteiger partial charge on any atom is -0.396 e. The Labute approximate surface area is 155 Å². The molecule has 3 aromatic heterocycles. The Morgan fingerprint density at radius 2 is 2.00 bits per heavy atom. The molecule has 0 unspecified atom stereocenters. The van der Waals surface area contributed by atoms with Crippen molar-refractivity contribution in [1.29, 1.82) is 5.26 Å². The average molecular weight is 384 g/mol. The first-order valence-electron chi connectivity index (χ1n) is 7.89. The lowest BCUT2D eigenvalue weighted by atomic mass is 10.1. The summed E-state index contributed by atoms with van der Waals surface area (Å²) in [5.74, 6) is 0.158. The normalized spacial score (nSPS) is 11.5. The number of hydrogen-bond acceptors (Lipinski definition) is 6. The minimum atomic E-state index is -4.55. The highest BCUT2D eigenvalue weighted by Gasteiger charge is 2.31. The molecule has 1 aromatic carbocycles. The maximum absolute atomic E-state index is 13.3. The van der Waals surface area contributed by atoms with E-state index >= 15 is 0 Å². The van der Waals surface area contributed by atoms with Crippen LogP contribution in [0.5, 0.6) is 0 Å². The number of anilines is 3. The molecule has 0 aliphatic rings. The fourth-order valence-corrected chi connectivity index (χ4v) is 2.68. The standard InChI is InChI=1S/C17H11F3N8/c18-17(19,20)10-4-11(6-12(5-10)27-3-1-2-24-27)25-15-7-14(22)16-23-9-13(8-21)28(16)26-15/h1-7,9H,22H2,(H,25,26). The first-order chi connectivity index (χ1) is 13.3. The van der Waals surface area contributed by atoms with Crippen LogP contribution in [0.25, 0.3) is 11.3 Å². The van der Waals surface area contributed by atoms with E-state index in [0.29, 0.717) is 0 Å². The van der Waals surface area contributed by atoms with Gasteiger partial charge in [-0.25, -0.2) is 9.67 Å². The van der Waals surface area contributed by atoms with Crippen LogP contribution in [0.2, 0.25) is 0 Å². The number of nitrogens with zero attached hydrogens (tertiary/aromatic N) is 6. The second-order valence-electron chi connectivity index (χ2n) is 5.82. The maximum atomic E-state index is 13.3. The molecular weight excluding hydrogens is 373 g/mol. The Bertz CT molecular complexity index is 1200. The molecule has 4 rings (SSSR count). The summed E-state index contributed by atoms with van der Waals surface area (Å²) in [5.41, 5.74) is 6.06. The lowest BCUT2D eigenvalue weighted by Gasteiger charge is -2.14. The zero-order valence-corrected chi connectivity index (χ0v) is 14.0. The van der Waals surface area contributed by atoms with Crippen molar-refractivity contribution < 1.29 is 13.2 Å². The number of hydrogen-bond donors (Lipinski definition) is 2. The largest absolute Gasteiger partial charge is 0.416 e. The molecule has 0 amide bonds. The molecule has 0 aliphatic carbocycles. The van der Waals surface area contributed by atoms with Gasteiger partial charge in [-0.15, -0.1) is 5.10 Å². The smallest absolute Gasteiger partial charge is 0.396 e. The van der Waals surface area contributed by atoms with Crippen molar-refractivity contribution in [2.75, 3.05) is 11.1 Å². The van der Waals surface area contributed by atoms with Crippen molar-refractivity contribution in [3.05, 3.63) is 60.2 Å². The number of nitriles is 1. The quantitative estimate of drug-likeness (QED) is 0.562. The lowest BCUT2D eigenvalue weighted by molar-refractivity contribution is -0.137. The summed E-state index contributed by atoms with van der Waals surface area (Å²) in [6, 6.07) is 8.39. The molecule has 0 bridgehead atoms. The van der Waals surface area contributed by atoms with Gasteiger partial charge in [-0.05, 0) is 24.3 Å². The summed E-state index contributed by atoms with van der Waals surface area (Å²) >= 11 is 0. The summed E-state index contributed by atoms with van der Waals surface area (Å²) < 4.78 is 42.5. The number of nitrogens with one attached hydrogen (secondary N) is 1. The van der Waals surface area contributed by atoms with Gasteiger partial charge in [0.25, 0.3) is 0 Å². The van der Waals surface area contributed by atoms with Crippen LogP contribution < -0.4 is 11.1 Å². The number of nitrogens with two attached hydrogens (primary N) is 1. The van der Waals surface area contributed by atoms with Crippen LogP contribution in [0, 0.1) is 11.3 Å². The van der Waals surface area contributed by atoms with Crippen molar-refractivity contribution in [3.63, 3.8) is 0 Å². The van der Waals surface area contributed by atoms with E-state index in [1.165, 1.54) is 39.9 Å². The molecule has 0 spiro atoms. The molecule has 0 radical (unpaired) electrons. The average Bonchev–Trinajstić information content (AvgIpc) is 3.30. The van der Waals surface area contributed by atoms with Gasteiger partial charge in [-0.2, -0.15) is 28.0 Å². The molecule has 3 N–H and O–H groups in total. The monoisotopic (exact) mass is 384 g/mol. The van der Waals surface area contributed by atoms with Gasteiger partial charge in [0, 0.05) is 24.1 Å². The van der Waals surface area contributed by atoms with E-state index in [2.05, 4.69) is 20.5 Å². The lowest BCUT2D eigenvalue weighted by Crippen LogP contribution is -2.09. The van der Waals surface area contributed by atoms with E-state index in [1.807, 2.05) is 6.07 Å². The van der Waals surface area contributed by atoms with Gasteiger partial charge in [0.1, 0.15) is 6.07 Å². The van der Waals surface area contributed by atoms with Crippen molar-refractivity contribution in [2.45, 2.75) is 6.18 Å². The Morgan fingerprint density at radius 1 is 1.18 bits per heavy atom. The van der Waals surface area contributed by atoms with E-state index in [0.717, 1.165) is 12.1 Å². The number of imidazole rings is 1. The number of rotatable bonds is 3. The number of alkyl halides is 3. The third kappa shape index (κ3) is 3.07. The zero-order valence-electron chi connectivity index (χ0n) is 14.0. The molecule has 0 atom stereocenters. The van der Waals surface area contributed by atoms with E-state index in [-0.39, 0.29) is 34.2 Å². The first kappa shape index (κ1) is 17.3. The molecule has 0 saturated heterocycles. The van der Waals surface area contributed by atoms with Gasteiger partial charge in [0.2, 0.25) is 0 Å². The fourth-order valence-electron chi connectivity index (χ4n) is 2.68. The van der Waals surface area contributed by atoms with Crippen LogP contribution in [-0.4, -0.2) is 24.4 Å². The SMILES string of the molecule is N#Cc1cnc2c(N)cc(Nc3cc(-n4cccn4)cc(C(F)(F)F)c3)nn12. The molecule has 8 nitrogen and oxygen atoms in total. The zero-order chi connectivity index (χ0) is 19.9. The molecule has 140 valence electrons. The summed E-state index contributed by atoms with van der Waals surface area (Å²) in [4.78, 5) is 4.00. The minimum absolute atomic E-state index is 0.130. The van der Waals surface area contributed by atoms with Gasteiger partial charge in [-0.1, -0.05) is 0 Å². The maximum Gasteiger partial charge on any atom is 0.416 e. The Kier molecular flexibility index (Phi) is 3.89. The topological polar surface area (TPSA) is 110 Å². The van der Waals surface area contributed by atoms with Gasteiger partial charge in [0.15, 0.2) is 17.2 Å². The molecular formula is C17H11F3N8. The highest BCUT2D eigenvalue weighted by Crippen LogP contribution is 2.33. The summed E-state index contributed by atoms with van der Waals surface area (Å²) in [6.07, 6.45) is -0.241. The van der Waals surface area contributed by atoms with Crippen molar-refractivity contribution in [3.8, 4) is 11.8 Å². The Morgan fingerprint density at radius 3 is 2.68 bits per heavy atom. The highest BCUT2D eigenvalue weighted by atomic mass is 19.4. The molecule has 0 saturated carbocycles. The van der Waals surface area contributed by atoms with Crippen molar-refractivity contribution >= 4 is 22.8 Å². The third-order valence-corrected chi connectivity index (χ3v) is 3.90. The second kappa shape index (κ2) is 6.27. The van der Waals surface area contributed by atoms with E-state index in [9.17, 15) is 13.2 Å². The fraction of sp³-hybridized carbons (Fsp3) is 0.0588. The predicted molar refractivity (Wildman–Crippen MR) is 94.0 cm³/mol. The third-order valence-electron chi connectivity index (χ3n) is 3.90. The summed E-state index contributed by atoms with van der Waals surface area (Å²) in [6.45, 7) is 0. The van der Waals surface area contributed by atoms with Crippen LogP contribution in [0.3, 0.4) is 0 Å². The molecule has 0 aliphatic heterocycles. The van der Waals surface area contributed by atoms with Gasteiger partial charge < -0.3 is 11.1 Å². The van der Waals surface area contributed by atoms with Crippen molar-refractivity contribution in [1.82, 2.24) is 24.4 Å². The van der Waals surface area contributed by atoms with E-state index in [1.54, 1.807) is 6.07 Å². The van der Waals surface area contributed by atoms with E-state index in [4.69, 9.17) is 11.0 Å². The van der Waals surface area contributed by atoms with Crippen LogP contribution in [0.4, 0.5) is 30.4 Å². The summed E-state index contributed by atoms with van der Waals surface area (Å²) in [5, 5.41) is 20.1. The molecule has 28 heavy (non-hydrogen) atoms. The molecule has 4 aromatic rings. The van der Waals surface area contributed by atoms with Crippen LogP contribution in [0.15, 0.2) is 48.9 Å².